The second-order valence-corrected chi connectivity index (χ2v) is 6.98. The number of hydrogen-bond donors (Lipinski definition) is 2. The van der Waals surface area contributed by atoms with Gasteiger partial charge in [-0.15, -0.1) is 0 Å². The number of carbonyl (C=O) groups is 2. The first kappa shape index (κ1) is 22.8. The third kappa shape index (κ3) is 14.9. The number of nitrogens with zero attached hydrogens (tertiary/aromatic N) is 4. The first-order chi connectivity index (χ1) is 9.39. The standard InChI is InChI=1S/C13H26N6O2.ClH/c1-11(15-17-13(21)10-19(5,6)7)8-14-16-12(20)9-18(2,3)4;/h8H,9-10H2,1-7H3;1H/p+1. The first-order valence-electron chi connectivity index (χ1n) is 6.65. The van der Waals surface area contributed by atoms with Crippen LogP contribution in [0.2, 0.25) is 0 Å². The number of carbonyl (C=O) groups excluding carboxylic acids is 2. The quantitative estimate of drug-likeness (QED) is 0.282. The number of quaternary nitrogens is 2. The van der Waals surface area contributed by atoms with E-state index in [4.69, 9.17) is 0 Å². The van der Waals surface area contributed by atoms with Gasteiger partial charge in [0.15, 0.2) is 13.1 Å². The van der Waals surface area contributed by atoms with E-state index in [1.165, 1.54) is 6.21 Å². The van der Waals surface area contributed by atoms with E-state index in [9.17, 15) is 9.59 Å². The van der Waals surface area contributed by atoms with Crippen LogP contribution in [0.1, 0.15) is 6.92 Å². The third-order valence-corrected chi connectivity index (χ3v) is 2.03. The van der Waals surface area contributed by atoms with Crippen LogP contribution in [0.5, 0.6) is 0 Å². The van der Waals surface area contributed by atoms with Crippen molar-refractivity contribution in [2.75, 3.05) is 55.4 Å². The van der Waals surface area contributed by atoms with Crippen molar-refractivity contribution in [3.8, 4) is 0 Å². The van der Waals surface area contributed by atoms with Crippen molar-refractivity contribution >= 4 is 23.7 Å². The fraction of sp³-hybridized carbons (Fsp3) is 0.692. The minimum Gasteiger partial charge on any atom is -1.00 e. The lowest BCUT2D eigenvalue weighted by molar-refractivity contribution is -0.862. The van der Waals surface area contributed by atoms with E-state index >= 15 is 0 Å². The van der Waals surface area contributed by atoms with Crippen molar-refractivity contribution in [2.45, 2.75) is 6.92 Å². The van der Waals surface area contributed by atoms with Crippen LogP contribution >= 0.6 is 0 Å². The van der Waals surface area contributed by atoms with Gasteiger partial charge in [0.05, 0.1) is 54.2 Å². The molecule has 9 heteroatoms. The van der Waals surface area contributed by atoms with Gasteiger partial charge in [-0.1, -0.05) is 0 Å². The lowest BCUT2D eigenvalue weighted by Gasteiger charge is -2.22. The van der Waals surface area contributed by atoms with Gasteiger partial charge in [-0.25, -0.2) is 10.9 Å². The summed E-state index contributed by atoms with van der Waals surface area (Å²) in [5, 5.41) is 7.67. The SMILES string of the molecule is CC(/C=N\NC(=O)C[N+](C)(C)C)=N/NC(=O)C[N+](C)(C)C.[Cl-]. The number of likely N-dealkylation sites (N-methyl/N-ethyl adjacent to an activating group) is 2. The number of hydrogen-bond acceptors (Lipinski definition) is 4. The van der Waals surface area contributed by atoms with Gasteiger partial charge in [0.2, 0.25) is 0 Å². The zero-order valence-electron chi connectivity index (χ0n) is 14.5. The van der Waals surface area contributed by atoms with Crippen LogP contribution in [0.3, 0.4) is 0 Å². The molecule has 0 fully saturated rings. The van der Waals surface area contributed by atoms with E-state index < -0.39 is 0 Å². The molecule has 2 amide bonds. The average molecular weight is 336 g/mol. The van der Waals surface area contributed by atoms with Crippen LogP contribution in [0.15, 0.2) is 10.2 Å². The molecule has 0 aromatic rings. The number of amides is 2. The molecule has 0 bridgehead atoms. The molecule has 0 aromatic heterocycles. The predicted molar refractivity (Wildman–Crippen MR) is 83.7 cm³/mol. The molecule has 128 valence electrons. The van der Waals surface area contributed by atoms with Gasteiger partial charge in [-0.2, -0.15) is 10.2 Å². The van der Waals surface area contributed by atoms with E-state index in [0.717, 1.165) is 0 Å². The lowest BCUT2D eigenvalue weighted by Crippen LogP contribution is -3.00. The summed E-state index contributed by atoms with van der Waals surface area (Å²) < 4.78 is 1.05. The molecule has 0 atom stereocenters. The van der Waals surface area contributed by atoms with Gasteiger partial charge >= 0.3 is 0 Å². The molecule has 0 aliphatic carbocycles. The highest BCUT2D eigenvalue weighted by Gasteiger charge is 2.14. The Bertz CT molecular complexity index is 435. The molecular formula is C13H28ClN6O2+. The van der Waals surface area contributed by atoms with Gasteiger partial charge in [-0.05, 0) is 6.92 Å². The van der Waals surface area contributed by atoms with Crippen molar-refractivity contribution in [1.82, 2.24) is 10.9 Å². The fourth-order valence-corrected chi connectivity index (χ4v) is 1.31. The Morgan fingerprint density at radius 1 is 0.909 bits per heavy atom. The Balaban J connectivity index is 0. The fourth-order valence-electron chi connectivity index (χ4n) is 1.31. The Hall–Kier alpha value is -1.51. The van der Waals surface area contributed by atoms with Crippen molar-refractivity contribution in [3.63, 3.8) is 0 Å². The van der Waals surface area contributed by atoms with E-state index in [2.05, 4.69) is 21.1 Å². The lowest BCUT2D eigenvalue weighted by atomic mass is 10.5. The molecule has 0 aromatic carbocycles. The molecule has 8 nitrogen and oxygen atoms in total. The Kier molecular flexibility index (Phi) is 9.83. The molecule has 0 spiro atoms. The molecule has 22 heavy (non-hydrogen) atoms. The molecule has 2 N–H and O–H groups in total. The van der Waals surface area contributed by atoms with Crippen LogP contribution in [0, 0.1) is 0 Å². The minimum absolute atomic E-state index is 0. The Labute approximate surface area is 138 Å². The molecule has 0 unspecified atom stereocenters. The number of rotatable bonds is 7. The van der Waals surface area contributed by atoms with Crippen LogP contribution < -0.4 is 23.3 Å². The number of nitrogens with one attached hydrogen (secondary N) is 2. The molecule has 0 saturated carbocycles. The topological polar surface area (TPSA) is 82.9 Å². The van der Waals surface area contributed by atoms with Gasteiger partial charge in [0, 0.05) is 0 Å². The maximum Gasteiger partial charge on any atom is 0.295 e. The van der Waals surface area contributed by atoms with Crippen molar-refractivity contribution in [2.24, 2.45) is 10.2 Å². The average Bonchev–Trinajstić information content (AvgIpc) is 2.21. The maximum atomic E-state index is 11.6. The number of hydrazone groups is 2. The summed E-state index contributed by atoms with van der Waals surface area (Å²) in [5.74, 6) is -0.357. The molecule has 0 aliphatic heterocycles. The first-order valence-corrected chi connectivity index (χ1v) is 6.65. The Morgan fingerprint density at radius 3 is 1.73 bits per heavy atom. The summed E-state index contributed by atoms with van der Waals surface area (Å²) in [6, 6.07) is 0. The van der Waals surface area contributed by atoms with Crippen LogP contribution in [-0.4, -0.2) is 88.1 Å². The van der Waals surface area contributed by atoms with Gasteiger partial charge < -0.3 is 21.4 Å². The second-order valence-electron chi connectivity index (χ2n) is 6.98. The summed E-state index contributed by atoms with van der Waals surface area (Å²) in [5.41, 5.74) is 5.35. The summed E-state index contributed by atoms with van der Waals surface area (Å²) in [6.45, 7) is 2.34. The van der Waals surface area contributed by atoms with E-state index in [0.29, 0.717) is 27.8 Å². The monoisotopic (exact) mass is 335 g/mol. The van der Waals surface area contributed by atoms with Crippen LogP contribution in [0.25, 0.3) is 0 Å². The number of halogens is 1. The van der Waals surface area contributed by atoms with E-state index in [1.54, 1.807) is 6.92 Å². The maximum absolute atomic E-state index is 11.6. The summed E-state index contributed by atoms with van der Waals surface area (Å²) in [7, 11) is 11.5. The molecular weight excluding hydrogens is 308 g/mol. The highest BCUT2D eigenvalue weighted by atomic mass is 35.5. The molecule has 0 rings (SSSR count). The van der Waals surface area contributed by atoms with Gasteiger partial charge in [-0.3, -0.25) is 9.59 Å². The minimum atomic E-state index is -0.180. The Morgan fingerprint density at radius 2 is 1.32 bits per heavy atom. The smallest absolute Gasteiger partial charge is 0.295 e. The van der Waals surface area contributed by atoms with Gasteiger partial charge in [0.1, 0.15) is 0 Å². The van der Waals surface area contributed by atoms with Gasteiger partial charge in [0.25, 0.3) is 11.8 Å². The zero-order valence-corrected chi connectivity index (χ0v) is 15.2. The normalized spacial score (nSPS) is 12.8. The van der Waals surface area contributed by atoms with Crippen molar-refractivity contribution in [1.29, 1.82) is 0 Å². The van der Waals surface area contributed by atoms with Crippen molar-refractivity contribution < 1.29 is 31.0 Å². The van der Waals surface area contributed by atoms with E-state index in [1.807, 2.05) is 42.3 Å². The molecule has 0 aliphatic rings. The highest BCUT2D eigenvalue weighted by molar-refractivity contribution is 6.29. The highest BCUT2D eigenvalue weighted by Crippen LogP contribution is 1.89. The largest absolute Gasteiger partial charge is 1.00 e. The van der Waals surface area contributed by atoms with Crippen LogP contribution in [-0.2, 0) is 9.59 Å². The summed E-state index contributed by atoms with van der Waals surface area (Å²) in [4.78, 5) is 23.1. The summed E-state index contributed by atoms with van der Waals surface area (Å²) in [6.07, 6.45) is 1.39. The molecule has 0 heterocycles. The third-order valence-electron chi connectivity index (χ3n) is 2.03. The zero-order chi connectivity index (χ0) is 16.7. The van der Waals surface area contributed by atoms with Crippen molar-refractivity contribution in [3.05, 3.63) is 0 Å². The molecule has 0 radical (unpaired) electrons. The summed E-state index contributed by atoms with van der Waals surface area (Å²) >= 11 is 0. The second kappa shape index (κ2) is 9.50. The predicted octanol–water partition coefficient (Wildman–Crippen LogP) is -4.00. The van der Waals surface area contributed by atoms with E-state index in [-0.39, 0.29) is 24.2 Å². The molecule has 0 saturated heterocycles. The van der Waals surface area contributed by atoms with Crippen LogP contribution in [0.4, 0.5) is 0 Å².